The van der Waals surface area contributed by atoms with E-state index in [9.17, 15) is 18.0 Å². The molecule has 1 saturated heterocycles. The second kappa shape index (κ2) is 13.9. The van der Waals surface area contributed by atoms with Crippen molar-refractivity contribution in [3.05, 3.63) is 47.8 Å². The molecule has 5 N–H and O–H groups in total. The van der Waals surface area contributed by atoms with Gasteiger partial charge in [0.15, 0.2) is 0 Å². The molecule has 2 fully saturated rings. The highest BCUT2D eigenvalue weighted by Crippen LogP contribution is 2.33. The summed E-state index contributed by atoms with van der Waals surface area (Å²) < 4.78 is 32.9. The molecule has 2 aromatic rings. The van der Waals surface area contributed by atoms with Gasteiger partial charge in [-0.25, -0.2) is 18.2 Å². The smallest absolute Gasteiger partial charge is 0.407 e. The maximum absolute atomic E-state index is 13.6. The van der Waals surface area contributed by atoms with Crippen LogP contribution in [-0.2, 0) is 19.6 Å². The van der Waals surface area contributed by atoms with Crippen LogP contribution in [0.3, 0.4) is 0 Å². The zero-order valence-corrected chi connectivity index (χ0v) is 25.9. The monoisotopic (exact) mass is 623 g/mol. The zero-order chi connectivity index (χ0) is 31.3. The van der Waals surface area contributed by atoms with Crippen molar-refractivity contribution in [3.63, 3.8) is 0 Å². The number of hydrogen-bond donors (Lipinski definition) is 3. The average molecular weight is 624 g/mol. The van der Waals surface area contributed by atoms with Gasteiger partial charge in [0.1, 0.15) is 16.8 Å². The Balaban J connectivity index is 1.28. The van der Waals surface area contributed by atoms with Crippen LogP contribution in [0.15, 0.2) is 52.1 Å². The number of aliphatic imine (C=N–C) groups is 1. The zero-order valence-electron chi connectivity index (χ0n) is 25.1. The van der Waals surface area contributed by atoms with Crippen LogP contribution in [0.4, 0.5) is 10.5 Å². The molecule has 3 heterocycles. The van der Waals surface area contributed by atoms with Crippen LogP contribution in [0, 0.1) is 5.92 Å². The SMILES string of the molecule is CCCN(CCCNC(=O)OC1CCC1)C(=O)C1=Cc2ccc(-c3cncc(S(=O)(=O)N4CC(CN)C4)c3)cc2N=C(N)C1. The average Bonchev–Trinajstić information content (AvgIpc) is 3.13. The molecule has 0 radical (unpaired) electrons. The number of aromatic nitrogens is 1. The lowest BCUT2D eigenvalue weighted by molar-refractivity contribution is -0.127. The van der Waals surface area contributed by atoms with E-state index < -0.39 is 16.1 Å². The number of fused-ring (bicyclic) bond motifs is 1. The second-order valence-electron chi connectivity index (χ2n) is 11.6. The quantitative estimate of drug-likeness (QED) is 0.303. The van der Waals surface area contributed by atoms with E-state index in [1.54, 1.807) is 17.2 Å². The molecule has 1 aromatic carbocycles. The van der Waals surface area contributed by atoms with Gasteiger partial charge in [-0.2, -0.15) is 4.31 Å². The Labute approximate surface area is 258 Å². The molecule has 5 rings (SSSR count). The van der Waals surface area contributed by atoms with E-state index in [0.29, 0.717) is 68.3 Å². The minimum Gasteiger partial charge on any atom is -0.446 e. The first-order chi connectivity index (χ1) is 21.2. The van der Waals surface area contributed by atoms with E-state index in [1.807, 2.05) is 31.2 Å². The fourth-order valence-corrected chi connectivity index (χ4v) is 6.95. The second-order valence-corrected chi connectivity index (χ2v) is 13.5. The Morgan fingerprint density at radius 3 is 2.64 bits per heavy atom. The Kier molecular flexibility index (Phi) is 9.97. The van der Waals surface area contributed by atoms with Crippen LogP contribution in [0.5, 0.6) is 0 Å². The number of benzene rings is 1. The molecule has 1 aliphatic carbocycles. The standard InChI is InChI=1S/C31H41N7O5S/c1-2-10-37(11-4-9-35-31(40)43-26-5-3-6-26)30(39)24-12-23-8-7-22(14-28(23)36-29(33)15-24)25-13-27(18-34-17-25)44(41,42)38-19-21(16-32)20-38/h7-8,12-14,17-18,21,26H,2-6,9-11,15-16,19-20,32H2,1H3,(H2,33,36)(H,35,40). The van der Waals surface area contributed by atoms with E-state index in [-0.39, 0.29) is 29.2 Å². The summed E-state index contributed by atoms with van der Waals surface area (Å²) in [7, 11) is -3.66. The highest BCUT2D eigenvalue weighted by molar-refractivity contribution is 7.89. The lowest BCUT2D eigenvalue weighted by atomic mass is 9.96. The molecule has 13 heteroatoms. The number of alkyl carbamates (subject to hydrolysis) is 1. The highest BCUT2D eigenvalue weighted by Gasteiger charge is 2.36. The summed E-state index contributed by atoms with van der Waals surface area (Å²) in [6, 6.07) is 7.14. The van der Waals surface area contributed by atoms with Crippen molar-refractivity contribution in [1.82, 2.24) is 19.5 Å². The Morgan fingerprint density at radius 2 is 1.93 bits per heavy atom. The van der Waals surface area contributed by atoms with Crippen molar-refractivity contribution in [2.45, 2.75) is 56.4 Å². The van der Waals surface area contributed by atoms with Crippen LogP contribution < -0.4 is 16.8 Å². The number of amides is 2. The van der Waals surface area contributed by atoms with E-state index in [4.69, 9.17) is 16.2 Å². The van der Waals surface area contributed by atoms with Gasteiger partial charge in [0, 0.05) is 68.2 Å². The summed E-state index contributed by atoms with van der Waals surface area (Å²) in [5.74, 6) is 0.361. The first-order valence-electron chi connectivity index (χ1n) is 15.2. The maximum Gasteiger partial charge on any atom is 0.407 e. The van der Waals surface area contributed by atoms with Crippen molar-refractivity contribution in [1.29, 1.82) is 0 Å². The molecule has 0 unspecified atom stereocenters. The number of carbonyl (C=O) groups is 2. The number of sulfonamides is 1. The van der Waals surface area contributed by atoms with Crippen molar-refractivity contribution < 1.29 is 22.7 Å². The summed E-state index contributed by atoms with van der Waals surface area (Å²) in [6.45, 7) is 4.75. The minimum absolute atomic E-state index is 0.0274. The van der Waals surface area contributed by atoms with Gasteiger partial charge in [-0.1, -0.05) is 19.1 Å². The molecule has 44 heavy (non-hydrogen) atoms. The number of pyridine rings is 1. The molecular formula is C31H41N7O5S. The molecule has 1 saturated carbocycles. The number of ether oxygens (including phenoxy) is 1. The molecule has 3 aliphatic rings. The topological polar surface area (TPSA) is 173 Å². The molecule has 2 aliphatic heterocycles. The predicted octanol–water partition coefficient (Wildman–Crippen LogP) is 3.01. The summed E-state index contributed by atoms with van der Waals surface area (Å²) in [5.41, 5.74) is 15.2. The van der Waals surface area contributed by atoms with Crippen molar-refractivity contribution in [2.24, 2.45) is 22.4 Å². The van der Waals surface area contributed by atoms with E-state index in [0.717, 1.165) is 36.8 Å². The molecule has 12 nitrogen and oxygen atoms in total. The highest BCUT2D eigenvalue weighted by atomic mass is 32.2. The lowest BCUT2D eigenvalue weighted by Crippen LogP contribution is -2.52. The molecule has 0 bridgehead atoms. The summed E-state index contributed by atoms with van der Waals surface area (Å²) in [5, 5.41) is 2.78. The van der Waals surface area contributed by atoms with E-state index in [1.165, 1.54) is 10.5 Å². The minimum atomic E-state index is -3.66. The van der Waals surface area contributed by atoms with Gasteiger partial charge in [-0.15, -0.1) is 0 Å². The van der Waals surface area contributed by atoms with Crippen molar-refractivity contribution in [2.75, 3.05) is 39.3 Å². The molecule has 0 atom stereocenters. The summed E-state index contributed by atoms with van der Waals surface area (Å²) in [6.07, 6.45) is 8.91. The fraction of sp³-hybridized carbons (Fsp3) is 0.484. The summed E-state index contributed by atoms with van der Waals surface area (Å²) in [4.78, 5) is 36.2. The van der Waals surface area contributed by atoms with Gasteiger partial charge >= 0.3 is 6.09 Å². The first-order valence-corrected chi connectivity index (χ1v) is 16.7. The van der Waals surface area contributed by atoms with Gasteiger partial charge < -0.3 is 26.4 Å². The predicted molar refractivity (Wildman–Crippen MR) is 168 cm³/mol. The van der Waals surface area contributed by atoms with Crippen LogP contribution in [0.1, 0.15) is 51.0 Å². The third kappa shape index (κ3) is 7.28. The van der Waals surface area contributed by atoms with Gasteiger partial charge in [-0.3, -0.25) is 9.78 Å². The molecule has 236 valence electrons. The number of nitrogens with two attached hydrogens (primary N) is 2. The number of nitrogens with one attached hydrogen (secondary N) is 1. The largest absolute Gasteiger partial charge is 0.446 e. The molecular weight excluding hydrogens is 582 g/mol. The van der Waals surface area contributed by atoms with Crippen LogP contribution in [0.25, 0.3) is 17.2 Å². The van der Waals surface area contributed by atoms with Crippen LogP contribution in [-0.4, -0.2) is 85.8 Å². The molecule has 2 amide bonds. The van der Waals surface area contributed by atoms with Crippen molar-refractivity contribution in [3.8, 4) is 11.1 Å². The Hall–Kier alpha value is -3.81. The van der Waals surface area contributed by atoms with E-state index in [2.05, 4.69) is 15.3 Å². The van der Waals surface area contributed by atoms with Gasteiger partial charge in [0.25, 0.3) is 0 Å². The van der Waals surface area contributed by atoms with Gasteiger partial charge in [-0.05, 0) is 68.3 Å². The number of carbonyl (C=O) groups excluding carboxylic acids is 2. The number of amidine groups is 1. The first kappa shape index (κ1) is 31.6. The van der Waals surface area contributed by atoms with Crippen molar-refractivity contribution >= 4 is 39.6 Å². The summed E-state index contributed by atoms with van der Waals surface area (Å²) >= 11 is 0. The Morgan fingerprint density at radius 1 is 1.14 bits per heavy atom. The normalized spacial score (nSPS) is 17.3. The van der Waals surface area contributed by atoms with Crippen LogP contribution >= 0.6 is 0 Å². The Bertz CT molecular complexity index is 1550. The lowest BCUT2D eigenvalue weighted by Gasteiger charge is -2.37. The van der Waals surface area contributed by atoms with Gasteiger partial charge in [0.05, 0.1) is 5.69 Å². The van der Waals surface area contributed by atoms with E-state index >= 15 is 0 Å². The van der Waals surface area contributed by atoms with Gasteiger partial charge in [0.2, 0.25) is 15.9 Å². The third-order valence-electron chi connectivity index (χ3n) is 8.19. The third-order valence-corrected chi connectivity index (χ3v) is 9.99. The number of hydrogen-bond acceptors (Lipinski definition) is 9. The fourth-order valence-electron chi connectivity index (χ4n) is 5.37. The molecule has 1 aromatic heterocycles. The van der Waals surface area contributed by atoms with Crippen LogP contribution in [0.2, 0.25) is 0 Å². The maximum atomic E-state index is 13.6. The number of rotatable bonds is 12. The number of nitrogens with zero attached hydrogens (tertiary/aromatic N) is 4. The molecule has 0 spiro atoms.